The number of nitrogens with zero attached hydrogens (tertiary/aromatic N) is 2. The summed E-state index contributed by atoms with van der Waals surface area (Å²) in [4.78, 5) is 40.9. The molecule has 0 N–H and O–H groups in total. The number of carbonyl (C=O) groups is 3. The van der Waals surface area contributed by atoms with Gasteiger partial charge in [0.2, 0.25) is 5.91 Å². The van der Waals surface area contributed by atoms with Gasteiger partial charge in [0, 0.05) is 25.6 Å². The zero-order valence-electron chi connectivity index (χ0n) is 17.2. The van der Waals surface area contributed by atoms with E-state index in [1.54, 1.807) is 31.4 Å². The first-order valence-electron chi connectivity index (χ1n) is 10.5. The molecule has 2 aromatic carbocycles. The number of fused-ring (bicyclic) bond motifs is 1. The molecule has 6 heteroatoms. The van der Waals surface area contributed by atoms with Crippen molar-refractivity contribution in [3.63, 3.8) is 0 Å². The first-order chi connectivity index (χ1) is 14.6. The summed E-state index contributed by atoms with van der Waals surface area (Å²) in [6, 6.07) is 15.0. The summed E-state index contributed by atoms with van der Waals surface area (Å²) in [6.45, 7) is 1.03. The average Bonchev–Trinajstić information content (AvgIpc) is 3.32. The Hall–Kier alpha value is -3.15. The molecule has 156 valence electrons. The molecule has 1 fully saturated rings. The van der Waals surface area contributed by atoms with Crippen molar-refractivity contribution in [3.8, 4) is 5.75 Å². The van der Waals surface area contributed by atoms with Crippen LogP contribution in [0.5, 0.6) is 5.75 Å². The van der Waals surface area contributed by atoms with Gasteiger partial charge in [-0.2, -0.15) is 0 Å². The van der Waals surface area contributed by atoms with Crippen LogP contribution in [0.4, 0.5) is 0 Å². The maximum atomic E-state index is 12.8. The number of imide groups is 1. The standard InChI is InChI=1S/C24H26N2O4/c1-30-19-9-4-7-17(16-19)15-18-8-5-13-25(18)22(27)12-6-14-26-23(28)20-10-2-3-11-21(20)24(26)29/h2-4,7,9-11,16,18H,5-6,8,12-15H2,1H3. The summed E-state index contributed by atoms with van der Waals surface area (Å²) in [5.74, 6) is 0.390. The molecule has 2 aliphatic heterocycles. The molecule has 0 spiro atoms. The third-order valence-electron chi connectivity index (χ3n) is 5.95. The molecule has 3 amide bonds. The zero-order valence-corrected chi connectivity index (χ0v) is 17.2. The maximum absolute atomic E-state index is 12.8. The summed E-state index contributed by atoms with van der Waals surface area (Å²) in [5, 5.41) is 0. The normalized spacial score (nSPS) is 18.1. The SMILES string of the molecule is COc1cccc(CC2CCCN2C(=O)CCCN2C(=O)c3ccccc3C2=O)c1. The fourth-order valence-corrected chi connectivity index (χ4v) is 4.42. The van der Waals surface area contributed by atoms with Crippen LogP contribution in [0.1, 0.15) is 52.0 Å². The summed E-state index contributed by atoms with van der Waals surface area (Å²) in [6.07, 6.45) is 3.61. The lowest BCUT2D eigenvalue weighted by molar-refractivity contribution is -0.132. The highest BCUT2D eigenvalue weighted by Crippen LogP contribution is 2.25. The van der Waals surface area contributed by atoms with E-state index >= 15 is 0 Å². The largest absolute Gasteiger partial charge is 0.497 e. The molecular weight excluding hydrogens is 380 g/mol. The number of carbonyl (C=O) groups excluding carboxylic acids is 3. The molecule has 2 aliphatic rings. The quantitative estimate of drug-likeness (QED) is 0.662. The van der Waals surface area contributed by atoms with E-state index in [-0.39, 0.29) is 30.3 Å². The monoisotopic (exact) mass is 406 g/mol. The van der Waals surface area contributed by atoms with Crippen molar-refractivity contribution < 1.29 is 19.1 Å². The summed E-state index contributed by atoms with van der Waals surface area (Å²) in [7, 11) is 1.65. The fraction of sp³-hybridized carbons (Fsp3) is 0.375. The molecule has 4 rings (SSSR count). The minimum Gasteiger partial charge on any atom is -0.497 e. The molecule has 1 unspecified atom stereocenters. The molecule has 1 atom stereocenters. The van der Waals surface area contributed by atoms with E-state index in [0.29, 0.717) is 24.0 Å². The molecule has 1 saturated heterocycles. The topological polar surface area (TPSA) is 66.9 Å². The molecule has 2 aromatic rings. The molecule has 0 radical (unpaired) electrons. The summed E-state index contributed by atoms with van der Waals surface area (Å²) >= 11 is 0. The number of likely N-dealkylation sites (tertiary alicyclic amines) is 1. The predicted molar refractivity (Wildman–Crippen MR) is 112 cm³/mol. The van der Waals surface area contributed by atoms with E-state index in [1.807, 2.05) is 23.1 Å². The van der Waals surface area contributed by atoms with Crippen LogP contribution in [0.3, 0.4) is 0 Å². The Labute approximate surface area is 176 Å². The Morgan fingerprint density at radius 2 is 1.80 bits per heavy atom. The van der Waals surface area contributed by atoms with Crippen LogP contribution in [-0.2, 0) is 11.2 Å². The summed E-state index contributed by atoms with van der Waals surface area (Å²) < 4.78 is 5.30. The smallest absolute Gasteiger partial charge is 0.261 e. The lowest BCUT2D eigenvalue weighted by Crippen LogP contribution is -2.37. The first-order valence-corrected chi connectivity index (χ1v) is 10.5. The number of rotatable bonds is 7. The minimum absolute atomic E-state index is 0.0944. The van der Waals surface area contributed by atoms with Gasteiger partial charge in [0.1, 0.15) is 5.75 Å². The van der Waals surface area contributed by atoms with E-state index in [1.165, 1.54) is 4.90 Å². The Morgan fingerprint density at radius 1 is 1.07 bits per heavy atom. The van der Waals surface area contributed by atoms with Gasteiger partial charge < -0.3 is 9.64 Å². The van der Waals surface area contributed by atoms with Gasteiger partial charge in [-0.25, -0.2) is 0 Å². The Kier molecular flexibility index (Phi) is 5.84. The minimum atomic E-state index is -0.264. The third kappa shape index (κ3) is 3.95. The predicted octanol–water partition coefficient (Wildman–Crippen LogP) is 3.31. The molecular formula is C24H26N2O4. The van der Waals surface area contributed by atoms with E-state index in [9.17, 15) is 14.4 Å². The Morgan fingerprint density at radius 3 is 2.50 bits per heavy atom. The molecule has 30 heavy (non-hydrogen) atoms. The van der Waals surface area contributed by atoms with Crippen molar-refractivity contribution in [3.05, 3.63) is 65.2 Å². The lowest BCUT2D eigenvalue weighted by Gasteiger charge is -2.25. The molecule has 6 nitrogen and oxygen atoms in total. The van der Waals surface area contributed by atoms with Gasteiger partial charge in [-0.3, -0.25) is 19.3 Å². The molecule has 0 aromatic heterocycles. The second-order valence-electron chi connectivity index (χ2n) is 7.85. The number of hydrogen-bond donors (Lipinski definition) is 0. The second kappa shape index (κ2) is 8.69. The van der Waals surface area contributed by atoms with Crippen molar-refractivity contribution in [2.75, 3.05) is 20.2 Å². The number of ether oxygens (including phenoxy) is 1. The van der Waals surface area contributed by atoms with E-state index in [2.05, 4.69) is 6.07 Å². The lowest BCUT2D eigenvalue weighted by atomic mass is 10.0. The van der Waals surface area contributed by atoms with Crippen LogP contribution >= 0.6 is 0 Å². The van der Waals surface area contributed by atoms with Crippen LogP contribution in [0.15, 0.2) is 48.5 Å². The molecule has 0 aliphatic carbocycles. The Bertz CT molecular complexity index is 936. The average molecular weight is 406 g/mol. The highest BCUT2D eigenvalue weighted by atomic mass is 16.5. The molecule has 2 heterocycles. The molecule has 0 saturated carbocycles. The van der Waals surface area contributed by atoms with E-state index in [4.69, 9.17) is 4.74 Å². The van der Waals surface area contributed by atoms with Crippen molar-refractivity contribution >= 4 is 17.7 Å². The van der Waals surface area contributed by atoms with Gasteiger partial charge in [0.15, 0.2) is 0 Å². The highest BCUT2D eigenvalue weighted by molar-refractivity contribution is 6.21. The number of benzene rings is 2. The highest BCUT2D eigenvalue weighted by Gasteiger charge is 2.35. The second-order valence-corrected chi connectivity index (χ2v) is 7.85. The van der Waals surface area contributed by atoms with Crippen molar-refractivity contribution in [1.82, 2.24) is 9.80 Å². The first kappa shape index (κ1) is 20.1. The van der Waals surface area contributed by atoms with Crippen LogP contribution in [0.2, 0.25) is 0 Å². The van der Waals surface area contributed by atoms with E-state index < -0.39 is 0 Å². The van der Waals surface area contributed by atoms with Gasteiger partial charge >= 0.3 is 0 Å². The van der Waals surface area contributed by atoms with Gasteiger partial charge in [-0.05, 0) is 55.5 Å². The Balaban J connectivity index is 1.31. The van der Waals surface area contributed by atoms with Crippen molar-refractivity contribution in [2.45, 2.75) is 38.1 Å². The third-order valence-corrected chi connectivity index (χ3v) is 5.95. The maximum Gasteiger partial charge on any atom is 0.261 e. The number of hydrogen-bond acceptors (Lipinski definition) is 4. The number of amides is 3. The van der Waals surface area contributed by atoms with Gasteiger partial charge in [-0.1, -0.05) is 24.3 Å². The van der Waals surface area contributed by atoms with Crippen LogP contribution < -0.4 is 4.74 Å². The molecule has 0 bridgehead atoms. The van der Waals surface area contributed by atoms with Crippen LogP contribution in [0, 0.1) is 0 Å². The van der Waals surface area contributed by atoms with Gasteiger partial charge in [0.25, 0.3) is 11.8 Å². The summed E-state index contributed by atoms with van der Waals surface area (Å²) in [5.41, 5.74) is 2.06. The van der Waals surface area contributed by atoms with Crippen LogP contribution in [-0.4, -0.2) is 53.8 Å². The van der Waals surface area contributed by atoms with Gasteiger partial charge in [-0.15, -0.1) is 0 Å². The van der Waals surface area contributed by atoms with Crippen molar-refractivity contribution in [1.29, 1.82) is 0 Å². The van der Waals surface area contributed by atoms with Crippen molar-refractivity contribution in [2.24, 2.45) is 0 Å². The zero-order chi connectivity index (χ0) is 21.1. The van der Waals surface area contributed by atoms with Crippen LogP contribution in [0.25, 0.3) is 0 Å². The van der Waals surface area contributed by atoms with E-state index in [0.717, 1.165) is 37.1 Å². The fourth-order valence-electron chi connectivity index (χ4n) is 4.42. The van der Waals surface area contributed by atoms with Gasteiger partial charge in [0.05, 0.1) is 18.2 Å². The number of methoxy groups -OCH3 is 1.